The van der Waals surface area contributed by atoms with Gasteiger partial charge in [0.05, 0.1) is 25.2 Å². The Morgan fingerprint density at radius 2 is 1.22 bits per heavy atom. The summed E-state index contributed by atoms with van der Waals surface area (Å²) >= 11 is 0. The molecule has 0 aromatic heterocycles. The van der Waals surface area contributed by atoms with Crippen molar-refractivity contribution in [3.8, 4) is 11.1 Å². The molecule has 0 N–H and O–H groups in total. The summed E-state index contributed by atoms with van der Waals surface area (Å²) in [6.07, 6.45) is -2.26. The molecule has 9 nitrogen and oxygen atoms in total. The van der Waals surface area contributed by atoms with Crippen LogP contribution < -0.4 is 0 Å². The first kappa shape index (κ1) is 38.9. The Morgan fingerprint density at radius 3 is 1.80 bits per heavy atom. The number of unbranched alkanes of at least 4 members (excludes halogenated alkanes) is 1. The molecule has 0 saturated carbocycles. The van der Waals surface area contributed by atoms with Crippen LogP contribution in [0, 0.1) is 5.41 Å². The topological polar surface area (TPSA) is 98.8 Å². The summed E-state index contributed by atoms with van der Waals surface area (Å²) < 4.78 is 43.7. The Morgan fingerprint density at radius 1 is 0.685 bits per heavy atom. The zero-order valence-electron chi connectivity index (χ0n) is 31.3. The van der Waals surface area contributed by atoms with Crippen molar-refractivity contribution < 1.29 is 42.7 Å². The van der Waals surface area contributed by atoms with Crippen LogP contribution in [0.5, 0.6) is 0 Å². The van der Waals surface area contributed by atoms with Crippen molar-refractivity contribution in [2.75, 3.05) is 19.8 Å². The summed E-state index contributed by atoms with van der Waals surface area (Å²) in [4.78, 5) is 26.8. The third-order valence-corrected chi connectivity index (χ3v) is 9.55. The summed E-state index contributed by atoms with van der Waals surface area (Å²) in [5.74, 6) is -0.570. The van der Waals surface area contributed by atoms with Gasteiger partial charge in [0.2, 0.25) is 0 Å². The third-order valence-electron chi connectivity index (χ3n) is 9.55. The number of ether oxygens (including phenoxy) is 7. The zero-order chi connectivity index (χ0) is 37.9. The minimum absolute atomic E-state index is 0.106. The maximum atomic E-state index is 13.5. The van der Waals surface area contributed by atoms with Crippen molar-refractivity contribution in [1.82, 2.24) is 0 Å². The van der Waals surface area contributed by atoms with Gasteiger partial charge in [-0.05, 0) is 67.0 Å². The highest BCUT2D eigenvalue weighted by molar-refractivity contribution is 5.79. The summed E-state index contributed by atoms with van der Waals surface area (Å²) in [6, 6.07) is 35.7. The predicted molar refractivity (Wildman–Crippen MR) is 204 cm³/mol. The average molecular weight is 735 g/mol. The van der Waals surface area contributed by atoms with E-state index in [9.17, 15) is 9.59 Å². The van der Waals surface area contributed by atoms with Gasteiger partial charge in [0.25, 0.3) is 0 Å². The lowest BCUT2D eigenvalue weighted by Crippen LogP contribution is -2.62. The molecule has 1 fully saturated rings. The summed E-state index contributed by atoms with van der Waals surface area (Å²) in [6.45, 7) is 9.75. The van der Waals surface area contributed by atoms with E-state index in [0.29, 0.717) is 13.0 Å². The maximum absolute atomic E-state index is 13.5. The van der Waals surface area contributed by atoms with Gasteiger partial charge in [-0.2, -0.15) is 0 Å². The van der Waals surface area contributed by atoms with Crippen LogP contribution in [0.3, 0.4) is 0 Å². The van der Waals surface area contributed by atoms with Gasteiger partial charge in [-0.25, -0.2) is 4.79 Å². The molecule has 9 heteroatoms. The standard InChI is InChI=1S/C45H50O9/c1-5-6-17-26-48-42-41(54-43(46)45(2,3)4)40(50-28-32-20-11-8-12-21-32)39(49-27-31-18-9-7-10-19-31)38(53-42)30-52-44(47)51-29-37-35-24-15-13-22-33(35)34-23-14-16-25-36(34)37/h5,7-16,18-25,37-42H,1,6,17,26-30H2,2-4H3/t38-,39-,40+,41-,42-/m1/s1. The molecule has 1 heterocycles. The SMILES string of the molecule is C=CCCCO[C@@H]1O[C@H](COC(=O)OCC2c3ccccc3-c3ccccc32)[C@@H](OCc2ccccc2)[C@H](OCc2ccccc2)[C@H]1OC(=O)C(C)(C)C. The fourth-order valence-electron chi connectivity index (χ4n) is 6.71. The molecular formula is C45H50O9. The van der Waals surface area contributed by atoms with Crippen LogP contribution in [0.15, 0.2) is 122 Å². The van der Waals surface area contributed by atoms with Crippen molar-refractivity contribution >= 4 is 12.1 Å². The number of hydrogen-bond acceptors (Lipinski definition) is 9. The molecule has 1 saturated heterocycles. The molecule has 0 unspecified atom stereocenters. The molecule has 4 aromatic rings. The van der Waals surface area contributed by atoms with Crippen molar-refractivity contribution in [3.63, 3.8) is 0 Å². The molecular weight excluding hydrogens is 684 g/mol. The van der Waals surface area contributed by atoms with E-state index in [1.54, 1.807) is 20.8 Å². The third kappa shape index (κ3) is 9.84. The monoisotopic (exact) mass is 734 g/mol. The predicted octanol–water partition coefficient (Wildman–Crippen LogP) is 8.79. The lowest BCUT2D eigenvalue weighted by molar-refractivity contribution is -0.320. The van der Waals surface area contributed by atoms with Crippen LogP contribution in [0.1, 0.15) is 61.8 Å². The van der Waals surface area contributed by atoms with E-state index < -0.39 is 48.2 Å². The fourth-order valence-corrected chi connectivity index (χ4v) is 6.71. The van der Waals surface area contributed by atoms with E-state index in [-0.39, 0.29) is 32.3 Å². The molecule has 4 aromatic carbocycles. The molecule has 54 heavy (non-hydrogen) atoms. The van der Waals surface area contributed by atoms with E-state index in [1.807, 2.05) is 91.0 Å². The number of benzene rings is 4. The molecule has 0 amide bonds. The second-order valence-corrected chi connectivity index (χ2v) is 14.6. The van der Waals surface area contributed by atoms with Crippen molar-refractivity contribution in [2.24, 2.45) is 5.41 Å². The maximum Gasteiger partial charge on any atom is 0.508 e. The Hall–Kier alpha value is -4.80. The molecule has 0 bridgehead atoms. The van der Waals surface area contributed by atoms with Gasteiger partial charge in [-0.15, -0.1) is 6.58 Å². The number of rotatable bonds is 16. The highest BCUT2D eigenvalue weighted by atomic mass is 16.8. The van der Waals surface area contributed by atoms with E-state index in [4.69, 9.17) is 33.2 Å². The number of hydrogen-bond donors (Lipinski definition) is 0. The number of allylic oxidation sites excluding steroid dienone is 1. The first-order valence-corrected chi connectivity index (χ1v) is 18.6. The van der Waals surface area contributed by atoms with Crippen molar-refractivity contribution in [1.29, 1.82) is 0 Å². The first-order chi connectivity index (χ1) is 26.2. The largest absolute Gasteiger partial charge is 0.508 e. The smallest absolute Gasteiger partial charge is 0.454 e. The summed E-state index contributed by atoms with van der Waals surface area (Å²) in [7, 11) is 0. The molecule has 1 aliphatic carbocycles. The molecule has 284 valence electrons. The number of carbonyl (C=O) groups is 2. The zero-order valence-corrected chi connectivity index (χ0v) is 31.3. The van der Waals surface area contributed by atoms with Crippen molar-refractivity contribution in [3.05, 3.63) is 144 Å². The molecule has 1 aliphatic heterocycles. The van der Waals surface area contributed by atoms with Gasteiger partial charge in [-0.3, -0.25) is 4.79 Å². The van der Waals surface area contributed by atoms with Gasteiger partial charge < -0.3 is 33.2 Å². The minimum Gasteiger partial charge on any atom is -0.454 e. The first-order valence-electron chi connectivity index (χ1n) is 18.6. The van der Waals surface area contributed by atoms with E-state index >= 15 is 0 Å². The Kier molecular flexibility index (Phi) is 13.3. The van der Waals surface area contributed by atoms with Gasteiger partial charge >= 0.3 is 12.1 Å². The summed E-state index contributed by atoms with van der Waals surface area (Å²) in [5, 5.41) is 0. The normalized spacial score (nSPS) is 20.8. The van der Waals surface area contributed by atoms with Gasteiger partial charge in [0.15, 0.2) is 12.4 Å². The van der Waals surface area contributed by atoms with Crippen LogP contribution in [-0.2, 0) is 51.2 Å². The van der Waals surface area contributed by atoms with Gasteiger partial charge in [0.1, 0.15) is 31.5 Å². The Bertz CT molecular complexity index is 1770. The molecule has 5 atom stereocenters. The lowest BCUT2D eigenvalue weighted by Gasteiger charge is -2.45. The van der Waals surface area contributed by atoms with Crippen LogP contribution in [-0.4, -0.2) is 62.7 Å². The Balaban J connectivity index is 1.24. The van der Waals surface area contributed by atoms with Crippen LogP contribution in [0.4, 0.5) is 4.79 Å². The summed E-state index contributed by atoms with van der Waals surface area (Å²) in [5.41, 5.74) is 5.48. The van der Waals surface area contributed by atoms with E-state index in [0.717, 1.165) is 39.8 Å². The van der Waals surface area contributed by atoms with Crippen LogP contribution in [0.2, 0.25) is 0 Å². The molecule has 0 radical (unpaired) electrons. The molecule has 6 rings (SSSR count). The van der Waals surface area contributed by atoms with Gasteiger partial charge in [-0.1, -0.05) is 115 Å². The lowest BCUT2D eigenvalue weighted by atomic mass is 9.95. The number of esters is 1. The van der Waals surface area contributed by atoms with E-state index in [2.05, 4.69) is 30.8 Å². The number of carbonyl (C=O) groups excluding carboxylic acids is 2. The highest BCUT2D eigenvalue weighted by Crippen LogP contribution is 2.44. The second-order valence-electron chi connectivity index (χ2n) is 14.6. The van der Waals surface area contributed by atoms with Crippen molar-refractivity contribution in [2.45, 2.75) is 83.5 Å². The van der Waals surface area contributed by atoms with Crippen LogP contribution in [0.25, 0.3) is 11.1 Å². The molecule has 2 aliphatic rings. The average Bonchev–Trinajstić information content (AvgIpc) is 3.51. The minimum atomic E-state index is -1.05. The molecule has 0 spiro atoms. The Labute approximate surface area is 318 Å². The van der Waals surface area contributed by atoms with Crippen LogP contribution >= 0.6 is 0 Å². The highest BCUT2D eigenvalue weighted by Gasteiger charge is 2.51. The number of fused-ring (bicyclic) bond motifs is 3. The fraction of sp³-hybridized carbons (Fsp3) is 0.378. The second kappa shape index (κ2) is 18.5. The quantitative estimate of drug-likeness (QED) is 0.0636. The van der Waals surface area contributed by atoms with E-state index in [1.165, 1.54) is 0 Å². The van der Waals surface area contributed by atoms with Gasteiger partial charge in [0, 0.05) is 5.92 Å².